The van der Waals surface area contributed by atoms with Crippen LogP contribution in [0.3, 0.4) is 0 Å². The Morgan fingerprint density at radius 1 is 0.636 bits per heavy atom. The number of hydrogen-bond donors (Lipinski definition) is 0. The molecule has 4 heteroatoms. The molecular formula is C18H34O4. The van der Waals surface area contributed by atoms with E-state index >= 15 is 0 Å². The molecule has 0 heterocycles. The third kappa shape index (κ3) is 15.3. The zero-order valence-corrected chi connectivity index (χ0v) is 14.5. The second-order valence-corrected chi connectivity index (χ2v) is 5.81. The molecule has 0 fully saturated rings. The third-order valence-corrected chi connectivity index (χ3v) is 3.60. The first-order valence-electron chi connectivity index (χ1n) is 9.02. The van der Waals surface area contributed by atoms with Crippen molar-refractivity contribution >= 4 is 11.9 Å². The van der Waals surface area contributed by atoms with Crippen molar-refractivity contribution < 1.29 is 19.1 Å². The van der Waals surface area contributed by atoms with Gasteiger partial charge in [0.05, 0.1) is 6.61 Å². The number of hydrogen-bond acceptors (Lipinski definition) is 4. The lowest BCUT2D eigenvalue weighted by Crippen LogP contribution is -2.16. The van der Waals surface area contributed by atoms with Crippen LogP contribution >= 0.6 is 0 Å². The Hall–Kier alpha value is -1.06. The van der Waals surface area contributed by atoms with E-state index in [4.69, 9.17) is 9.47 Å². The average molecular weight is 314 g/mol. The lowest BCUT2D eigenvalue weighted by molar-refractivity contribution is -0.158. The monoisotopic (exact) mass is 314 g/mol. The maximum atomic E-state index is 11.5. The first kappa shape index (κ1) is 20.9. The van der Waals surface area contributed by atoms with Crippen LogP contribution in [-0.4, -0.2) is 25.2 Å². The van der Waals surface area contributed by atoms with Gasteiger partial charge in [-0.1, -0.05) is 71.6 Å². The van der Waals surface area contributed by atoms with E-state index < -0.39 is 5.97 Å². The molecule has 130 valence electrons. The predicted molar refractivity (Wildman–Crippen MR) is 88.7 cm³/mol. The Balaban J connectivity index is 3.36. The highest BCUT2D eigenvalue weighted by atomic mass is 16.6. The van der Waals surface area contributed by atoms with Crippen molar-refractivity contribution in [2.45, 2.75) is 90.9 Å². The molecule has 0 saturated carbocycles. The molecule has 0 unspecified atom stereocenters. The van der Waals surface area contributed by atoms with E-state index in [1.807, 2.05) is 0 Å². The molecule has 0 saturated heterocycles. The second kappa shape index (κ2) is 16.3. The number of esters is 2. The highest BCUT2D eigenvalue weighted by Crippen LogP contribution is 2.07. The third-order valence-electron chi connectivity index (χ3n) is 3.60. The Labute approximate surface area is 135 Å². The van der Waals surface area contributed by atoms with Gasteiger partial charge in [-0.15, -0.1) is 0 Å². The number of unbranched alkanes of at least 4 members (excludes halogenated alkanes) is 9. The number of ether oxygens (including phenoxy) is 2. The summed E-state index contributed by atoms with van der Waals surface area (Å²) in [4.78, 5) is 22.8. The van der Waals surface area contributed by atoms with Crippen LogP contribution in [0.15, 0.2) is 0 Å². The molecule has 0 radical (unpaired) electrons. The van der Waals surface area contributed by atoms with Crippen LogP contribution in [0.4, 0.5) is 0 Å². The SMILES string of the molecule is CCCCCCCCC(=O)OCC(=O)OCCCCCCC. The second-order valence-electron chi connectivity index (χ2n) is 5.81. The lowest BCUT2D eigenvalue weighted by Gasteiger charge is -2.06. The van der Waals surface area contributed by atoms with Gasteiger partial charge in [-0.2, -0.15) is 0 Å². The van der Waals surface area contributed by atoms with Gasteiger partial charge in [-0.05, 0) is 12.8 Å². The topological polar surface area (TPSA) is 52.6 Å². The summed E-state index contributed by atoms with van der Waals surface area (Å²) in [6.45, 7) is 4.53. The fourth-order valence-electron chi connectivity index (χ4n) is 2.19. The van der Waals surface area contributed by atoms with Gasteiger partial charge in [-0.3, -0.25) is 4.79 Å². The molecule has 0 aliphatic carbocycles. The van der Waals surface area contributed by atoms with Crippen LogP contribution in [0.2, 0.25) is 0 Å². The molecule has 0 N–H and O–H groups in total. The minimum absolute atomic E-state index is 0.246. The van der Waals surface area contributed by atoms with E-state index in [2.05, 4.69) is 13.8 Å². The first-order valence-corrected chi connectivity index (χ1v) is 9.02. The molecule has 0 bridgehead atoms. The Bertz CT molecular complexity index is 248. The smallest absolute Gasteiger partial charge is 0.344 e. The first-order chi connectivity index (χ1) is 10.7. The maximum Gasteiger partial charge on any atom is 0.344 e. The van der Waals surface area contributed by atoms with E-state index in [0.717, 1.165) is 25.7 Å². The van der Waals surface area contributed by atoms with Crippen molar-refractivity contribution in [2.24, 2.45) is 0 Å². The van der Waals surface area contributed by atoms with Crippen molar-refractivity contribution in [3.05, 3.63) is 0 Å². The molecule has 0 amide bonds. The summed E-state index contributed by atoms with van der Waals surface area (Å²) in [6.07, 6.45) is 12.8. The van der Waals surface area contributed by atoms with Gasteiger partial charge < -0.3 is 9.47 Å². The van der Waals surface area contributed by atoms with Gasteiger partial charge in [0.15, 0.2) is 6.61 Å². The normalized spacial score (nSPS) is 10.5. The molecule has 0 aromatic heterocycles. The van der Waals surface area contributed by atoms with E-state index in [-0.39, 0.29) is 12.6 Å². The summed E-state index contributed by atoms with van der Waals surface area (Å²) >= 11 is 0. The number of carbonyl (C=O) groups excluding carboxylic acids is 2. The van der Waals surface area contributed by atoms with Crippen LogP contribution < -0.4 is 0 Å². The number of carbonyl (C=O) groups is 2. The summed E-state index contributed by atoms with van der Waals surface area (Å²) in [5.74, 6) is -0.734. The minimum Gasteiger partial charge on any atom is -0.463 e. The molecule has 0 spiro atoms. The van der Waals surface area contributed by atoms with Gasteiger partial charge in [0.25, 0.3) is 0 Å². The summed E-state index contributed by atoms with van der Waals surface area (Å²) in [5, 5.41) is 0. The predicted octanol–water partition coefficient (Wildman–Crippen LogP) is 4.79. The quantitative estimate of drug-likeness (QED) is 0.322. The van der Waals surface area contributed by atoms with E-state index in [0.29, 0.717) is 13.0 Å². The van der Waals surface area contributed by atoms with Crippen molar-refractivity contribution in [3.63, 3.8) is 0 Å². The molecule has 0 aromatic rings. The molecule has 0 aromatic carbocycles. The summed E-state index contributed by atoms with van der Waals surface area (Å²) in [5.41, 5.74) is 0. The van der Waals surface area contributed by atoms with Crippen molar-refractivity contribution in [1.29, 1.82) is 0 Å². The van der Waals surface area contributed by atoms with Gasteiger partial charge in [-0.25, -0.2) is 4.79 Å². The molecule has 0 aliphatic heterocycles. The van der Waals surface area contributed by atoms with Crippen LogP contribution in [-0.2, 0) is 19.1 Å². The Morgan fingerprint density at radius 2 is 1.18 bits per heavy atom. The van der Waals surface area contributed by atoms with E-state index in [9.17, 15) is 9.59 Å². The van der Waals surface area contributed by atoms with Crippen molar-refractivity contribution in [3.8, 4) is 0 Å². The summed E-state index contributed by atoms with van der Waals surface area (Å²) in [7, 11) is 0. The zero-order valence-electron chi connectivity index (χ0n) is 14.5. The molecule has 22 heavy (non-hydrogen) atoms. The van der Waals surface area contributed by atoms with Crippen LogP contribution in [0.25, 0.3) is 0 Å². The van der Waals surface area contributed by atoms with Crippen molar-refractivity contribution in [2.75, 3.05) is 13.2 Å². The number of rotatable bonds is 15. The molecule has 0 aliphatic rings. The highest BCUT2D eigenvalue weighted by Gasteiger charge is 2.08. The van der Waals surface area contributed by atoms with Gasteiger partial charge in [0.2, 0.25) is 0 Å². The van der Waals surface area contributed by atoms with E-state index in [1.54, 1.807) is 0 Å². The van der Waals surface area contributed by atoms with Gasteiger partial charge >= 0.3 is 11.9 Å². The molecule has 4 nitrogen and oxygen atoms in total. The summed E-state index contributed by atoms with van der Waals surface area (Å²) in [6, 6.07) is 0. The van der Waals surface area contributed by atoms with E-state index in [1.165, 1.54) is 44.9 Å². The van der Waals surface area contributed by atoms with Gasteiger partial charge in [0, 0.05) is 6.42 Å². The average Bonchev–Trinajstić information content (AvgIpc) is 2.52. The summed E-state index contributed by atoms with van der Waals surface area (Å²) < 4.78 is 9.94. The lowest BCUT2D eigenvalue weighted by atomic mass is 10.1. The largest absolute Gasteiger partial charge is 0.463 e. The standard InChI is InChI=1S/C18H34O4/c1-3-5-7-9-10-12-14-17(19)22-16-18(20)21-15-13-11-8-6-4-2/h3-16H2,1-2H3. The Morgan fingerprint density at radius 3 is 1.82 bits per heavy atom. The minimum atomic E-state index is -0.438. The highest BCUT2D eigenvalue weighted by molar-refractivity contribution is 5.76. The molecule has 0 rings (SSSR count). The fourth-order valence-corrected chi connectivity index (χ4v) is 2.19. The fraction of sp³-hybridized carbons (Fsp3) is 0.889. The van der Waals surface area contributed by atoms with Crippen LogP contribution in [0.5, 0.6) is 0 Å². The maximum absolute atomic E-state index is 11.5. The van der Waals surface area contributed by atoms with Crippen molar-refractivity contribution in [1.82, 2.24) is 0 Å². The van der Waals surface area contributed by atoms with Crippen LogP contribution in [0, 0.1) is 0 Å². The van der Waals surface area contributed by atoms with Crippen LogP contribution in [0.1, 0.15) is 90.9 Å². The van der Waals surface area contributed by atoms with Gasteiger partial charge in [0.1, 0.15) is 0 Å². The molecule has 0 atom stereocenters. The Kier molecular flexibility index (Phi) is 15.5. The zero-order chi connectivity index (χ0) is 16.5. The molecular weight excluding hydrogens is 280 g/mol.